The van der Waals surface area contributed by atoms with E-state index in [1.807, 2.05) is 6.92 Å². The smallest absolute Gasteiger partial charge is 0.455 e. The van der Waals surface area contributed by atoms with Crippen LogP contribution in [-0.4, -0.2) is 17.7 Å². The first-order chi connectivity index (χ1) is 16.1. The summed E-state index contributed by atoms with van der Waals surface area (Å²) in [6.07, 6.45) is -3.74. The molecule has 0 bridgehead atoms. The number of carbonyl (C=O) groups is 1. The van der Waals surface area contributed by atoms with Crippen LogP contribution in [0.3, 0.4) is 0 Å². The fourth-order valence-corrected chi connectivity index (χ4v) is 3.81. The molecule has 0 heterocycles. The van der Waals surface area contributed by atoms with Crippen molar-refractivity contribution in [3.8, 4) is 11.5 Å². The molecule has 1 atom stereocenters. The molecule has 8 nitrogen and oxygen atoms in total. The van der Waals surface area contributed by atoms with Crippen molar-refractivity contribution in [2.45, 2.75) is 46.7 Å². The van der Waals surface area contributed by atoms with Gasteiger partial charge in [-0.25, -0.2) is 0 Å². The first kappa shape index (κ1) is 28.5. The number of carbonyl (C=O) groups excluding carboxylic acids is 1. The highest BCUT2D eigenvalue weighted by Crippen LogP contribution is 2.39. The second-order valence-electron chi connectivity index (χ2n) is 8.39. The molecular formula is C22H23ClF3NO7P+. The minimum absolute atomic E-state index is 0.00717. The van der Waals surface area contributed by atoms with Gasteiger partial charge < -0.3 is 9.47 Å². The van der Waals surface area contributed by atoms with Gasteiger partial charge in [-0.1, -0.05) is 29.5 Å². The number of nitrogens with zero attached hydrogens (tertiary/aromatic N) is 1. The Labute approximate surface area is 205 Å². The Balaban J connectivity index is 2.41. The molecule has 0 aliphatic heterocycles. The van der Waals surface area contributed by atoms with E-state index < -0.39 is 48.6 Å². The zero-order valence-electron chi connectivity index (χ0n) is 19.3. The number of nitro benzene ring substituents is 1. The van der Waals surface area contributed by atoms with Gasteiger partial charge in [-0.3, -0.25) is 14.9 Å². The number of hydrogen-bond acceptors (Lipinski definition) is 7. The quantitative estimate of drug-likeness (QED) is 0.112. The maximum Gasteiger partial charge on any atom is 0.559 e. The van der Waals surface area contributed by atoms with Crippen LogP contribution in [0.5, 0.6) is 11.5 Å². The Bertz CT molecular complexity index is 1130. The lowest BCUT2D eigenvalue weighted by Gasteiger charge is -2.15. The van der Waals surface area contributed by atoms with E-state index in [1.54, 1.807) is 20.8 Å². The fourth-order valence-electron chi connectivity index (χ4n) is 2.75. The van der Waals surface area contributed by atoms with Crippen molar-refractivity contribution >= 4 is 36.6 Å². The molecule has 0 fully saturated rings. The van der Waals surface area contributed by atoms with Crippen molar-refractivity contribution in [2.24, 2.45) is 5.41 Å². The van der Waals surface area contributed by atoms with Crippen LogP contribution in [0, 0.1) is 15.5 Å². The third kappa shape index (κ3) is 7.62. The number of benzene rings is 2. The van der Waals surface area contributed by atoms with Gasteiger partial charge in [-0.2, -0.15) is 13.2 Å². The molecule has 35 heavy (non-hydrogen) atoms. The summed E-state index contributed by atoms with van der Waals surface area (Å²) in [5.74, 6) is -0.755. The summed E-state index contributed by atoms with van der Waals surface area (Å²) < 4.78 is 67.1. The molecule has 190 valence electrons. The first-order valence-corrected chi connectivity index (χ1v) is 11.8. The van der Waals surface area contributed by atoms with Gasteiger partial charge in [0.05, 0.1) is 20.9 Å². The molecule has 0 aliphatic carbocycles. The van der Waals surface area contributed by atoms with Crippen LogP contribution in [0.4, 0.5) is 18.9 Å². The standard InChI is InChI=1S/C22H23ClF3NO7P/c1-5-6-13-9-16(27(29)30)19(35(31)33-12-32-20(28)21(2,3)4)11-18(13)34-17-8-7-14(10-15(17)23)22(24,25)26/h7-11H,5-6,12H2,1-4H3/q+1. The van der Waals surface area contributed by atoms with Gasteiger partial charge in [-0.05, 0) is 50.0 Å². The van der Waals surface area contributed by atoms with Crippen LogP contribution < -0.4 is 10.0 Å². The summed E-state index contributed by atoms with van der Waals surface area (Å²) in [5.41, 5.74) is -1.98. The third-order valence-corrected chi connectivity index (χ3v) is 5.91. The van der Waals surface area contributed by atoms with Gasteiger partial charge in [0.15, 0.2) is 0 Å². The minimum atomic E-state index is -4.61. The summed E-state index contributed by atoms with van der Waals surface area (Å²) in [7, 11) is -2.87. The van der Waals surface area contributed by atoms with E-state index in [0.717, 1.165) is 24.3 Å². The van der Waals surface area contributed by atoms with Gasteiger partial charge >= 0.3 is 31.2 Å². The summed E-state index contributed by atoms with van der Waals surface area (Å²) in [6, 6.07) is 4.76. The maximum atomic E-state index is 12.9. The number of hydrogen-bond donors (Lipinski definition) is 0. The molecule has 2 aromatic rings. The van der Waals surface area contributed by atoms with Crippen LogP contribution in [0.1, 0.15) is 45.2 Å². The highest BCUT2D eigenvalue weighted by molar-refractivity contribution is 7.48. The van der Waals surface area contributed by atoms with E-state index in [-0.39, 0.29) is 21.8 Å². The van der Waals surface area contributed by atoms with Gasteiger partial charge in [0.25, 0.3) is 0 Å². The molecule has 1 unspecified atom stereocenters. The average molecular weight is 537 g/mol. The molecule has 0 N–H and O–H groups in total. The number of ether oxygens (including phenoxy) is 2. The van der Waals surface area contributed by atoms with E-state index in [1.165, 1.54) is 0 Å². The van der Waals surface area contributed by atoms with Crippen LogP contribution >= 0.6 is 19.6 Å². The predicted octanol–water partition coefficient (Wildman–Crippen LogP) is 6.94. The molecular weight excluding hydrogens is 514 g/mol. The highest BCUT2D eigenvalue weighted by Gasteiger charge is 2.37. The third-order valence-electron chi connectivity index (χ3n) is 4.52. The highest BCUT2D eigenvalue weighted by atomic mass is 35.5. The van der Waals surface area contributed by atoms with Crippen molar-refractivity contribution in [2.75, 3.05) is 6.79 Å². The van der Waals surface area contributed by atoms with E-state index in [4.69, 9.17) is 25.6 Å². The van der Waals surface area contributed by atoms with Crippen molar-refractivity contribution < 1.29 is 41.5 Å². The predicted molar refractivity (Wildman–Crippen MR) is 122 cm³/mol. The van der Waals surface area contributed by atoms with Crippen LogP contribution in [0.2, 0.25) is 5.02 Å². The average Bonchev–Trinajstić information content (AvgIpc) is 2.74. The summed E-state index contributed by atoms with van der Waals surface area (Å²) in [5, 5.41) is 10.9. The number of rotatable bonds is 9. The van der Waals surface area contributed by atoms with Gasteiger partial charge in [0.2, 0.25) is 6.79 Å². The van der Waals surface area contributed by atoms with Crippen molar-refractivity contribution in [1.82, 2.24) is 0 Å². The Morgan fingerprint density at radius 2 is 1.80 bits per heavy atom. The van der Waals surface area contributed by atoms with E-state index in [2.05, 4.69) is 0 Å². The second kappa shape index (κ2) is 11.3. The van der Waals surface area contributed by atoms with Gasteiger partial charge in [0.1, 0.15) is 11.5 Å². The van der Waals surface area contributed by atoms with Crippen molar-refractivity contribution in [3.05, 3.63) is 56.6 Å². The molecule has 0 radical (unpaired) electrons. The Morgan fingerprint density at radius 3 is 2.31 bits per heavy atom. The zero-order chi connectivity index (χ0) is 26.6. The Morgan fingerprint density at radius 1 is 1.14 bits per heavy atom. The van der Waals surface area contributed by atoms with Gasteiger partial charge in [0, 0.05) is 17.7 Å². The summed E-state index contributed by atoms with van der Waals surface area (Å²) in [4.78, 5) is 22.7. The first-order valence-electron chi connectivity index (χ1n) is 10.3. The number of alkyl halides is 3. The number of aryl methyl sites for hydroxylation is 1. The maximum absolute atomic E-state index is 12.9. The largest absolute Gasteiger partial charge is 0.559 e. The summed E-state index contributed by atoms with van der Waals surface area (Å²) >= 11 is 5.97. The topological polar surface area (TPSA) is 105 Å². The normalized spacial score (nSPS) is 12.3. The molecule has 2 rings (SSSR count). The molecule has 0 saturated carbocycles. The van der Waals surface area contributed by atoms with Gasteiger partial charge in [-0.15, -0.1) is 0 Å². The second-order valence-corrected chi connectivity index (χ2v) is 10.0. The fraction of sp³-hybridized carbons (Fsp3) is 0.409. The Hall–Kier alpha value is -2.75. The Kier molecular flexibility index (Phi) is 9.22. The number of halogens is 4. The molecule has 0 saturated heterocycles. The lowest BCUT2D eigenvalue weighted by molar-refractivity contribution is -0.383. The molecule has 2 aromatic carbocycles. The monoisotopic (exact) mass is 536 g/mol. The molecule has 13 heteroatoms. The van der Waals surface area contributed by atoms with Crippen molar-refractivity contribution in [1.29, 1.82) is 0 Å². The van der Waals surface area contributed by atoms with Crippen molar-refractivity contribution in [3.63, 3.8) is 0 Å². The molecule has 0 aromatic heterocycles. The summed E-state index contributed by atoms with van der Waals surface area (Å²) in [6.45, 7) is 5.90. The number of nitro groups is 1. The minimum Gasteiger partial charge on any atom is -0.455 e. The molecule has 0 aliphatic rings. The molecule has 0 amide bonds. The molecule has 0 spiro atoms. The SMILES string of the molecule is CCCc1cc([N+](=O)[O-])c([P+](=O)OCOC(=O)C(C)(C)C)cc1Oc1ccc(C(F)(F)F)cc1Cl. The lowest BCUT2D eigenvalue weighted by atomic mass is 9.98. The van der Waals surface area contributed by atoms with E-state index in [0.29, 0.717) is 24.5 Å². The van der Waals surface area contributed by atoms with E-state index >= 15 is 0 Å². The van der Waals surface area contributed by atoms with Crippen LogP contribution in [-0.2, 0) is 31.2 Å². The number of esters is 1. The van der Waals surface area contributed by atoms with Crippen LogP contribution in [0.25, 0.3) is 0 Å². The zero-order valence-corrected chi connectivity index (χ0v) is 20.9. The lowest BCUT2D eigenvalue weighted by Crippen LogP contribution is -2.23. The van der Waals surface area contributed by atoms with Crippen LogP contribution in [0.15, 0.2) is 30.3 Å². The van der Waals surface area contributed by atoms with E-state index in [9.17, 15) is 32.6 Å².